The first-order valence-electron chi connectivity index (χ1n) is 9.19. The van der Waals surface area contributed by atoms with Crippen LogP contribution in [0.4, 0.5) is 0 Å². The molecule has 3 rings (SSSR count). The second kappa shape index (κ2) is 7.93. The van der Waals surface area contributed by atoms with Crippen LogP contribution in [0.15, 0.2) is 23.1 Å². The van der Waals surface area contributed by atoms with Gasteiger partial charge in [-0.3, -0.25) is 0 Å². The van der Waals surface area contributed by atoms with Crippen molar-refractivity contribution in [1.82, 2.24) is 9.62 Å². The van der Waals surface area contributed by atoms with E-state index >= 15 is 0 Å². The number of piperidine rings is 1. The summed E-state index contributed by atoms with van der Waals surface area (Å²) in [5.41, 5.74) is 0. The maximum atomic E-state index is 12.7. The molecule has 7 heteroatoms. The van der Waals surface area contributed by atoms with Gasteiger partial charge in [0, 0.05) is 18.2 Å². The first-order valence-corrected chi connectivity index (χ1v) is 10.7. The van der Waals surface area contributed by atoms with E-state index in [0.29, 0.717) is 24.7 Å². The van der Waals surface area contributed by atoms with E-state index in [1.165, 1.54) is 12.8 Å². The molecule has 0 amide bonds. The molecule has 1 N–H and O–H groups in total. The highest BCUT2D eigenvalue weighted by atomic mass is 32.2. The average Bonchev–Trinajstić information content (AvgIpc) is 3.42. The molecule has 1 heterocycles. The minimum Gasteiger partial charge on any atom is -0.490 e. The average molecular weight is 368 g/mol. The summed E-state index contributed by atoms with van der Waals surface area (Å²) >= 11 is 0. The molecule has 2 fully saturated rings. The molecule has 0 radical (unpaired) electrons. The number of sulfonamides is 1. The van der Waals surface area contributed by atoms with Gasteiger partial charge in [-0.1, -0.05) is 0 Å². The van der Waals surface area contributed by atoms with Crippen LogP contribution in [0.1, 0.15) is 39.5 Å². The van der Waals surface area contributed by atoms with Gasteiger partial charge >= 0.3 is 0 Å². The largest absolute Gasteiger partial charge is 0.490 e. The van der Waals surface area contributed by atoms with Gasteiger partial charge in [0.05, 0.1) is 18.1 Å². The lowest BCUT2D eigenvalue weighted by atomic mass is 10.1. The van der Waals surface area contributed by atoms with Crippen LogP contribution in [0.5, 0.6) is 11.5 Å². The van der Waals surface area contributed by atoms with E-state index < -0.39 is 10.0 Å². The van der Waals surface area contributed by atoms with Crippen LogP contribution in [0.3, 0.4) is 0 Å². The Bertz CT molecular complexity index is 680. The molecule has 1 aliphatic carbocycles. The summed E-state index contributed by atoms with van der Waals surface area (Å²) in [5, 5.41) is 0. The molecule has 0 unspecified atom stereocenters. The zero-order chi connectivity index (χ0) is 17.9. The Morgan fingerprint density at radius 3 is 2.28 bits per heavy atom. The smallest absolute Gasteiger partial charge is 0.240 e. The van der Waals surface area contributed by atoms with Crippen molar-refractivity contribution < 1.29 is 17.9 Å². The Hall–Kier alpha value is -1.31. The van der Waals surface area contributed by atoms with Crippen LogP contribution in [0.25, 0.3) is 0 Å². The Morgan fingerprint density at radius 2 is 1.68 bits per heavy atom. The summed E-state index contributed by atoms with van der Waals surface area (Å²) in [7, 11) is -3.56. The number of hydrogen-bond donors (Lipinski definition) is 1. The first-order chi connectivity index (χ1) is 12.0. The zero-order valence-corrected chi connectivity index (χ0v) is 15.8. The fourth-order valence-electron chi connectivity index (χ4n) is 3.31. The molecule has 0 spiro atoms. The Balaban J connectivity index is 1.67. The number of likely N-dealkylation sites (tertiary alicyclic amines) is 1. The van der Waals surface area contributed by atoms with Gasteiger partial charge in [0.15, 0.2) is 11.5 Å². The number of benzene rings is 1. The Kier molecular flexibility index (Phi) is 5.86. The van der Waals surface area contributed by atoms with E-state index in [2.05, 4.69) is 9.62 Å². The predicted octanol–water partition coefficient (Wildman–Crippen LogP) is 2.39. The molecule has 1 aliphatic heterocycles. The van der Waals surface area contributed by atoms with Gasteiger partial charge in [-0.15, -0.1) is 0 Å². The standard InChI is InChI=1S/C18H28N2O4S/c1-3-23-17-8-7-16(13-18(17)24-4-2)25(21,22)19-14-9-11-20(12-10-14)15-5-6-15/h7-8,13-15,19H,3-6,9-12H2,1-2H3. The summed E-state index contributed by atoms with van der Waals surface area (Å²) in [6.45, 7) is 6.66. The lowest BCUT2D eigenvalue weighted by molar-refractivity contribution is 0.199. The van der Waals surface area contributed by atoms with E-state index in [4.69, 9.17) is 9.47 Å². The van der Waals surface area contributed by atoms with Crippen LogP contribution in [-0.2, 0) is 10.0 Å². The van der Waals surface area contributed by atoms with Crippen molar-refractivity contribution >= 4 is 10.0 Å². The fourth-order valence-corrected chi connectivity index (χ4v) is 4.63. The van der Waals surface area contributed by atoms with Crippen molar-refractivity contribution in [2.24, 2.45) is 0 Å². The third kappa shape index (κ3) is 4.65. The van der Waals surface area contributed by atoms with Gasteiger partial charge in [-0.25, -0.2) is 13.1 Å². The quantitative estimate of drug-likeness (QED) is 0.763. The minimum atomic E-state index is -3.56. The van der Waals surface area contributed by atoms with Crippen molar-refractivity contribution in [2.75, 3.05) is 26.3 Å². The van der Waals surface area contributed by atoms with Crippen molar-refractivity contribution in [3.05, 3.63) is 18.2 Å². The van der Waals surface area contributed by atoms with Gasteiger partial charge in [0.1, 0.15) is 0 Å². The maximum Gasteiger partial charge on any atom is 0.240 e. The number of ether oxygens (including phenoxy) is 2. The molecule has 0 atom stereocenters. The molecule has 1 saturated heterocycles. The fraction of sp³-hybridized carbons (Fsp3) is 0.667. The monoisotopic (exact) mass is 368 g/mol. The molecule has 0 bridgehead atoms. The first kappa shape index (κ1) is 18.5. The van der Waals surface area contributed by atoms with E-state index in [9.17, 15) is 8.42 Å². The second-order valence-electron chi connectivity index (χ2n) is 6.64. The summed E-state index contributed by atoms with van der Waals surface area (Å²) in [4.78, 5) is 2.71. The molecule has 6 nitrogen and oxygen atoms in total. The number of rotatable bonds is 8. The third-order valence-electron chi connectivity index (χ3n) is 4.74. The molecule has 1 aromatic carbocycles. The number of nitrogens with zero attached hydrogens (tertiary/aromatic N) is 1. The number of nitrogens with one attached hydrogen (secondary N) is 1. The van der Waals surface area contributed by atoms with Gasteiger partial charge < -0.3 is 14.4 Å². The maximum absolute atomic E-state index is 12.7. The third-order valence-corrected chi connectivity index (χ3v) is 6.26. The van der Waals surface area contributed by atoms with Crippen molar-refractivity contribution in [1.29, 1.82) is 0 Å². The minimum absolute atomic E-state index is 0.00196. The van der Waals surface area contributed by atoms with E-state index in [1.807, 2.05) is 13.8 Å². The molecular formula is C18H28N2O4S. The summed E-state index contributed by atoms with van der Waals surface area (Å²) in [6.07, 6.45) is 4.32. The lowest BCUT2D eigenvalue weighted by Gasteiger charge is -2.32. The topological polar surface area (TPSA) is 67.9 Å². The van der Waals surface area contributed by atoms with Crippen molar-refractivity contribution in [2.45, 2.75) is 56.5 Å². The molecule has 1 saturated carbocycles. The van der Waals surface area contributed by atoms with Gasteiger partial charge in [-0.05, 0) is 64.8 Å². The summed E-state index contributed by atoms with van der Waals surface area (Å²) in [5.74, 6) is 1.04. The summed E-state index contributed by atoms with van der Waals surface area (Å²) < 4.78 is 39.4. The predicted molar refractivity (Wildman–Crippen MR) is 96.7 cm³/mol. The SMILES string of the molecule is CCOc1ccc(S(=O)(=O)NC2CCN(C3CC3)CC2)cc1OCC. The molecular weight excluding hydrogens is 340 g/mol. The normalized spacial score (nSPS) is 19.8. The highest BCUT2D eigenvalue weighted by Gasteiger charge is 2.33. The highest BCUT2D eigenvalue weighted by molar-refractivity contribution is 7.89. The van der Waals surface area contributed by atoms with Gasteiger partial charge in [-0.2, -0.15) is 0 Å². The summed E-state index contributed by atoms with van der Waals surface area (Å²) in [6, 6.07) is 5.55. The Labute approximate surface area is 150 Å². The highest BCUT2D eigenvalue weighted by Crippen LogP contribution is 2.31. The van der Waals surface area contributed by atoms with Crippen LogP contribution < -0.4 is 14.2 Å². The van der Waals surface area contributed by atoms with Crippen LogP contribution in [0, 0.1) is 0 Å². The van der Waals surface area contributed by atoms with Crippen LogP contribution in [0.2, 0.25) is 0 Å². The molecule has 2 aliphatic rings. The van der Waals surface area contributed by atoms with Crippen LogP contribution in [-0.4, -0.2) is 51.7 Å². The van der Waals surface area contributed by atoms with E-state index in [1.54, 1.807) is 18.2 Å². The number of hydrogen-bond acceptors (Lipinski definition) is 5. The van der Waals surface area contributed by atoms with E-state index in [-0.39, 0.29) is 10.9 Å². The molecule has 1 aromatic rings. The lowest BCUT2D eigenvalue weighted by Crippen LogP contribution is -2.45. The second-order valence-corrected chi connectivity index (χ2v) is 8.35. The zero-order valence-electron chi connectivity index (χ0n) is 15.0. The Morgan fingerprint density at radius 1 is 1.04 bits per heavy atom. The molecule has 140 valence electrons. The van der Waals surface area contributed by atoms with Crippen LogP contribution >= 0.6 is 0 Å². The van der Waals surface area contributed by atoms with Gasteiger partial charge in [0.25, 0.3) is 0 Å². The molecule has 25 heavy (non-hydrogen) atoms. The van der Waals surface area contributed by atoms with Crippen molar-refractivity contribution in [3.63, 3.8) is 0 Å². The van der Waals surface area contributed by atoms with Crippen molar-refractivity contribution in [3.8, 4) is 11.5 Å². The van der Waals surface area contributed by atoms with E-state index in [0.717, 1.165) is 32.0 Å². The van der Waals surface area contributed by atoms with Gasteiger partial charge in [0.2, 0.25) is 10.0 Å². The molecule has 0 aromatic heterocycles.